The van der Waals surface area contributed by atoms with Gasteiger partial charge in [0.2, 0.25) is 0 Å². The van der Waals surface area contributed by atoms with Crippen molar-refractivity contribution in [1.29, 1.82) is 0 Å². The van der Waals surface area contributed by atoms with Gasteiger partial charge in [-0.05, 0) is 56.2 Å². The van der Waals surface area contributed by atoms with Gasteiger partial charge in [0.05, 0.1) is 36.4 Å². The Balaban J connectivity index is 1.84. The minimum Gasteiger partial charge on any atom is -0.466 e. The summed E-state index contributed by atoms with van der Waals surface area (Å²) < 4.78 is 33.2. The van der Waals surface area contributed by atoms with Gasteiger partial charge >= 0.3 is 5.97 Å². The number of aryl methyl sites for hydroxylation is 3. The first-order valence-corrected chi connectivity index (χ1v) is 11.7. The molecule has 10 heteroatoms. The van der Waals surface area contributed by atoms with Gasteiger partial charge in [-0.25, -0.2) is 13.2 Å². The van der Waals surface area contributed by atoms with E-state index in [4.69, 9.17) is 9.84 Å². The standard InChI is InChI=1S/C23H27N3O6S/c1-14-11-15(2)20(16(3)12-14)25-33(30,31)18-7-5-17(6-8-18)24-21-19(23(29)32-4)13-26(9-10-27)22(21)28/h5-8,11-12,24-25,27H,9-10,13H2,1-4H3. The molecule has 0 atom stereocenters. The topological polar surface area (TPSA) is 125 Å². The van der Waals surface area contributed by atoms with Crippen molar-refractivity contribution in [3.05, 3.63) is 64.4 Å². The lowest BCUT2D eigenvalue weighted by atomic mass is 10.1. The van der Waals surface area contributed by atoms with Crippen molar-refractivity contribution < 1.29 is 27.9 Å². The Bertz CT molecular complexity index is 1200. The highest BCUT2D eigenvalue weighted by Crippen LogP contribution is 2.27. The molecule has 1 aliphatic heterocycles. The Labute approximate surface area is 193 Å². The molecule has 0 radical (unpaired) electrons. The van der Waals surface area contributed by atoms with Crippen LogP contribution in [0, 0.1) is 20.8 Å². The van der Waals surface area contributed by atoms with Crippen LogP contribution in [-0.4, -0.2) is 57.1 Å². The Hall–Kier alpha value is -3.37. The van der Waals surface area contributed by atoms with Crippen molar-refractivity contribution in [3.8, 4) is 0 Å². The Morgan fingerprint density at radius 3 is 2.27 bits per heavy atom. The van der Waals surface area contributed by atoms with Crippen LogP contribution in [0.15, 0.2) is 52.6 Å². The molecular weight excluding hydrogens is 446 g/mol. The fourth-order valence-corrected chi connectivity index (χ4v) is 4.95. The molecule has 0 bridgehead atoms. The first kappa shape index (κ1) is 24.3. The van der Waals surface area contributed by atoms with Crippen LogP contribution in [0.1, 0.15) is 16.7 Å². The lowest BCUT2D eigenvalue weighted by Crippen LogP contribution is -2.31. The number of rotatable bonds is 8. The number of aliphatic hydroxyl groups is 1. The summed E-state index contributed by atoms with van der Waals surface area (Å²) in [7, 11) is -2.62. The van der Waals surface area contributed by atoms with E-state index in [1.54, 1.807) is 0 Å². The number of β-amino-alcohol motifs (C(OH)–C–C–N with tert-alkyl or cyclic N) is 1. The van der Waals surface area contributed by atoms with Gasteiger partial charge in [-0.15, -0.1) is 0 Å². The molecule has 0 spiro atoms. The van der Waals surface area contributed by atoms with Gasteiger partial charge in [-0.1, -0.05) is 17.7 Å². The van der Waals surface area contributed by atoms with Gasteiger partial charge in [0.1, 0.15) is 5.70 Å². The molecule has 2 aromatic rings. The van der Waals surface area contributed by atoms with Crippen LogP contribution < -0.4 is 10.0 Å². The predicted molar refractivity (Wildman–Crippen MR) is 124 cm³/mol. The minimum atomic E-state index is -3.84. The van der Waals surface area contributed by atoms with Gasteiger partial charge in [0.25, 0.3) is 15.9 Å². The van der Waals surface area contributed by atoms with Crippen molar-refractivity contribution in [1.82, 2.24) is 4.90 Å². The SMILES string of the molecule is COC(=O)C1=C(Nc2ccc(S(=O)(=O)Nc3c(C)cc(C)cc3C)cc2)C(=O)N(CCO)C1. The lowest BCUT2D eigenvalue weighted by molar-refractivity contribution is -0.136. The maximum atomic E-state index is 12.9. The zero-order valence-electron chi connectivity index (χ0n) is 18.9. The van der Waals surface area contributed by atoms with Crippen LogP contribution in [-0.2, 0) is 24.3 Å². The summed E-state index contributed by atoms with van der Waals surface area (Å²) in [5.41, 5.74) is 3.83. The van der Waals surface area contributed by atoms with Crippen molar-refractivity contribution in [2.45, 2.75) is 25.7 Å². The van der Waals surface area contributed by atoms with Crippen molar-refractivity contribution in [2.24, 2.45) is 0 Å². The lowest BCUT2D eigenvalue weighted by Gasteiger charge is -2.16. The fourth-order valence-electron chi connectivity index (χ4n) is 3.75. The minimum absolute atomic E-state index is 0.0139. The predicted octanol–water partition coefficient (Wildman–Crippen LogP) is 2.09. The number of carbonyl (C=O) groups is 2. The summed E-state index contributed by atoms with van der Waals surface area (Å²) in [5, 5.41) is 12.0. The molecule has 9 nitrogen and oxygen atoms in total. The van der Waals surface area contributed by atoms with E-state index in [9.17, 15) is 18.0 Å². The monoisotopic (exact) mass is 473 g/mol. The summed E-state index contributed by atoms with van der Waals surface area (Å²) >= 11 is 0. The normalized spacial score (nSPS) is 14.0. The molecule has 1 heterocycles. The fraction of sp³-hybridized carbons (Fsp3) is 0.304. The van der Waals surface area contributed by atoms with E-state index in [1.807, 2.05) is 32.9 Å². The van der Waals surface area contributed by atoms with Gasteiger partial charge in [0, 0.05) is 12.2 Å². The highest BCUT2D eigenvalue weighted by molar-refractivity contribution is 7.92. The number of methoxy groups -OCH3 is 1. The first-order chi connectivity index (χ1) is 15.6. The summed E-state index contributed by atoms with van der Waals surface area (Å²) in [4.78, 5) is 26.1. The Morgan fingerprint density at radius 2 is 1.73 bits per heavy atom. The van der Waals surface area contributed by atoms with Crippen LogP contribution in [0.5, 0.6) is 0 Å². The summed E-state index contributed by atoms with van der Waals surface area (Å²) in [6.07, 6.45) is 0. The molecule has 1 aliphatic rings. The zero-order chi connectivity index (χ0) is 24.3. The van der Waals surface area contributed by atoms with Gasteiger partial charge in [-0.3, -0.25) is 9.52 Å². The summed E-state index contributed by atoms with van der Waals surface area (Å²) in [6, 6.07) is 9.65. The van der Waals surface area contributed by atoms with E-state index in [0.717, 1.165) is 16.7 Å². The average molecular weight is 474 g/mol. The summed E-state index contributed by atoms with van der Waals surface area (Å²) in [6.45, 7) is 5.48. The van der Waals surface area contributed by atoms with Crippen LogP contribution in [0.2, 0.25) is 0 Å². The Morgan fingerprint density at radius 1 is 1.12 bits per heavy atom. The third kappa shape index (κ3) is 5.18. The van der Waals surface area contributed by atoms with Crippen LogP contribution in [0.3, 0.4) is 0 Å². The van der Waals surface area contributed by atoms with E-state index in [-0.39, 0.29) is 35.9 Å². The smallest absolute Gasteiger partial charge is 0.337 e. The van der Waals surface area contributed by atoms with Crippen LogP contribution >= 0.6 is 0 Å². The van der Waals surface area contributed by atoms with Crippen LogP contribution in [0.4, 0.5) is 11.4 Å². The number of nitrogens with zero attached hydrogens (tertiary/aromatic N) is 1. The number of benzene rings is 2. The molecule has 176 valence electrons. The number of nitrogens with one attached hydrogen (secondary N) is 2. The largest absolute Gasteiger partial charge is 0.466 e. The number of carbonyl (C=O) groups excluding carboxylic acids is 2. The third-order valence-electron chi connectivity index (χ3n) is 5.30. The van der Waals surface area contributed by atoms with Gasteiger partial charge in [0.15, 0.2) is 0 Å². The van der Waals surface area contributed by atoms with Crippen molar-refractivity contribution in [3.63, 3.8) is 0 Å². The molecule has 0 unspecified atom stereocenters. The van der Waals surface area contributed by atoms with Gasteiger partial charge < -0.3 is 20.1 Å². The van der Waals surface area contributed by atoms with Crippen molar-refractivity contribution >= 4 is 33.3 Å². The van der Waals surface area contributed by atoms with E-state index in [2.05, 4.69) is 10.0 Å². The maximum absolute atomic E-state index is 12.9. The molecule has 33 heavy (non-hydrogen) atoms. The molecule has 0 saturated heterocycles. The molecular formula is C23H27N3O6S. The molecule has 3 N–H and O–H groups in total. The second-order valence-electron chi connectivity index (χ2n) is 7.82. The highest BCUT2D eigenvalue weighted by Gasteiger charge is 2.34. The first-order valence-electron chi connectivity index (χ1n) is 10.3. The number of hydrogen-bond acceptors (Lipinski definition) is 7. The zero-order valence-corrected chi connectivity index (χ0v) is 19.7. The average Bonchev–Trinajstić information content (AvgIpc) is 3.06. The number of aliphatic hydroxyl groups excluding tert-OH is 1. The molecule has 1 amide bonds. The molecule has 0 saturated carbocycles. The van der Waals surface area contributed by atoms with Gasteiger partial charge in [-0.2, -0.15) is 0 Å². The van der Waals surface area contributed by atoms with E-state index in [1.165, 1.54) is 36.3 Å². The maximum Gasteiger partial charge on any atom is 0.337 e. The number of hydrogen-bond donors (Lipinski definition) is 3. The Kier molecular flexibility index (Phi) is 7.09. The number of anilines is 2. The third-order valence-corrected chi connectivity index (χ3v) is 6.67. The molecule has 0 aliphatic carbocycles. The second kappa shape index (κ2) is 9.63. The molecule has 3 rings (SSSR count). The van der Waals surface area contributed by atoms with Crippen LogP contribution in [0.25, 0.3) is 0 Å². The highest BCUT2D eigenvalue weighted by atomic mass is 32.2. The quantitative estimate of drug-likeness (QED) is 0.501. The summed E-state index contributed by atoms with van der Waals surface area (Å²) in [5.74, 6) is -1.10. The molecule has 0 fully saturated rings. The molecule has 0 aromatic heterocycles. The number of ether oxygens (including phenoxy) is 1. The van der Waals surface area contributed by atoms with E-state index < -0.39 is 21.9 Å². The van der Waals surface area contributed by atoms with Crippen molar-refractivity contribution in [2.75, 3.05) is 36.8 Å². The number of amides is 1. The van der Waals surface area contributed by atoms with E-state index >= 15 is 0 Å². The molecule has 2 aromatic carbocycles. The second-order valence-corrected chi connectivity index (χ2v) is 9.51. The number of esters is 1. The number of sulfonamides is 1. The van der Waals surface area contributed by atoms with E-state index in [0.29, 0.717) is 11.4 Å².